The highest BCUT2D eigenvalue weighted by Gasteiger charge is 2.29. The van der Waals surface area contributed by atoms with Gasteiger partial charge in [-0.3, -0.25) is 4.99 Å². The number of hydrogen-bond donors (Lipinski definition) is 3. The normalized spacial score (nSPS) is 12.2. The van der Waals surface area contributed by atoms with Gasteiger partial charge in [0.15, 0.2) is 5.96 Å². The summed E-state index contributed by atoms with van der Waals surface area (Å²) in [5.41, 5.74) is 0.980. The Labute approximate surface area is 191 Å². The van der Waals surface area contributed by atoms with E-state index in [2.05, 4.69) is 20.3 Å². The fraction of sp³-hybridized carbons (Fsp3) is 0.316. The van der Waals surface area contributed by atoms with Gasteiger partial charge in [0.25, 0.3) is 0 Å². The van der Waals surface area contributed by atoms with Gasteiger partial charge >= 0.3 is 6.18 Å². The number of rotatable bonds is 7. The molecule has 0 fully saturated rings. The maximum Gasteiger partial charge on any atom is 0.416 e. The molecular formula is C19H24F3IN4O2S. The van der Waals surface area contributed by atoms with Crippen molar-refractivity contribution in [2.24, 2.45) is 4.99 Å². The summed E-state index contributed by atoms with van der Waals surface area (Å²) in [5.74, 6) is 0.531. The first-order valence-corrected chi connectivity index (χ1v) is 10.3. The van der Waals surface area contributed by atoms with Crippen LogP contribution in [-0.2, 0) is 29.2 Å². The van der Waals surface area contributed by atoms with E-state index in [0.29, 0.717) is 25.5 Å². The molecule has 166 valence electrons. The molecule has 3 N–H and O–H groups in total. The summed E-state index contributed by atoms with van der Waals surface area (Å²) in [7, 11) is -0.510. The highest BCUT2D eigenvalue weighted by molar-refractivity contribution is 14.0. The van der Waals surface area contributed by atoms with Gasteiger partial charge in [-0.15, -0.1) is 24.0 Å². The smallest absolute Gasteiger partial charge is 0.356 e. The van der Waals surface area contributed by atoms with Gasteiger partial charge < -0.3 is 10.6 Å². The monoisotopic (exact) mass is 556 g/mol. The number of nitrogens with zero attached hydrogens (tertiary/aromatic N) is 1. The van der Waals surface area contributed by atoms with Crippen LogP contribution in [0.5, 0.6) is 0 Å². The molecule has 11 heteroatoms. The Balaban J connectivity index is 0.00000450. The molecule has 0 bridgehead atoms. The van der Waals surface area contributed by atoms with E-state index in [1.165, 1.54) is 31.3 Å². The van der Waals surface area contributed by atoms with Crippen LogP contribution in [-0.4, -0.2) is 35.0 Å². The number of halogens is 4. The lowest BCUT2D eigenvalue weighted by molar-refractivity contribution is -0.137. The second kappa shape index (κ2) is 11.5. The zero-order valence-electron chi connectivity index (χ0n) is 16.5. The molecule has 6 nitrogen and oxygen atoms in total. The third kappa shape index (κ3) is 7.76. The van der Waals surface area contributed by atoms with Crippen molar-refractivity contribution in [3.8, 4) is 0 Å². The Morgan fingerprint density at radius 3 is 2.03 bits per heavy atom. The third-order valence-electron chi connectivity index (χ3n) is 4.17. The van der Waals surface area contributed by atoms with Crippen molar-refractivity contribution in [2.45, 2.75) is 24.0 Å². The molecule has 2 aromatic rings. The van der Waals surface area contributed by atoms with E-state index >= 15 is 0 Å². The first-order valence-electron chi connectivity index (χ1n) is 8.79. The second-order valence-electron chi connectivity index (χ2n) is 6.15. The minimum absolute atomic E-state index is 0. The van der Waals surface area contributed by atoms with Crippen molar-refractivity contribution in [3.63, 3.8) is 0 Å². The molecule has 0 saturated carbocycles. The van der Waals surface area contributed by atoms with Crippen molar-refractivity contribution in [3.05, 3.63) is 65.2 Å². The van der Waals surface area contributed by atoms with Crippen LogP contribution in [0.15, 0.2) is 58.4 Å². The number of benzene rings is 2. The quantitative estimate of drug-likeness (QED) is 0.278. The predicted octanol–water partition coefficient (Wildman–Crippen LogP) is 3.14. The van der Waals surface area contributed by atoms with Crippen LogP contribution in [0.2, 0.25) is 0 Å². The van der Waals surface area contributed by atoms with E-state index in [4.69, 9.17) is 0 Å². The molecule has 0 aromatic heterocycles. The molecule has 30 heavy (non-hydrogen) atoms. The van der Waals surface area contributed by atoms with Crippen molar-refractivity contribution in [1.29, 1.82) is 0 Å². The summed E-state index contributed by atoms with van der Waals surface area (Å²) < 4.78 is 63.4. The van der Waals surface area contributed by atoms with Crippen molar-refractivity contribution < 1.29 is 21.6 Å². The highest BCUT2D eigenvalue weighted by atomic mass is 127. The van der Waals surface area contributed by atoms with Gasteiger partial charge in [0, 0.05) is 20.1 Å². The maximum atomic E-state index is 12.6. The topological polar surface area (TPSA) is 82.6 Å². The summed E-state index contributed by atoms with van der Waals surface area (Å²) in [4.78, 5) is 4.27. The van der Waals surface area contributed by atoms with Crippen LogP contribution in [0.4, 0.5) is 13.2 Å². The Kier molecular flexibility index (Phi) is 10.0. The average Bonchev–Trinajstić information content (AvgIpc) is 2.70. The minimum atomic E-state index is -4.34. The molecule has 0 amide bonds. The second-order valence-corrected chi connectivity index (χ2v) is 8.04. The van der Waals surface area contributed by atoms with Gasteiger partial charge in [-0.25, -0.2) is 13.1 Å². The van der Waals surface area contributed by atoms with Gasteiger partial charge in [-0.1, -0.05) is 24.3 Å². The molecule has 0 spiro atoms. The minimum Gasteiger partial charge on any atom is -0.356 e. The Hall–Kier alpha value is -1.86. The number of aliphatic imine (C=N–C) groups is 1. The zero-order valence-corrected chi connectivity index (χ0v) is 19.6. The SMILES string of the molecule is CN=C(NCCc1ccc(C(F)(F)F)cc1)NCc1ccc(S(=O)(=O)NC)cc1.I. The third-order valence-corrected chi connectivity index (χ3v) is 5.60. The van der Waals surface area contributed by atoms with Gasteiger partial charge in [0.05, 0.1) is 10.5 Å². The van der Waals surface area contributed by atoms with Crippen molar-refractivity contribution >= 4 is 40.0 Å². The number of alkyl halides is 3. The molecule has 0 radical (unpaired) electrons. The zero-order chi connectivity index (χ0) is 21.5. The summed E-state index contributed by atoms with van der Waals surface area (Å²) >= 11 is 0. The van der Waals surface area contributed by atoms with Crippen LogP contribution in [0.25, 0.3) is 0 Å². The van der Waals surface area contributed by atoms with E-state index in [1.807, 2.05) is 0 Å². The molecule has 0 unspecified atom stereocenters. The van der Waals surface area contributed by atoms with E-state index in [1.54, 1.807) is 19.2 Å². The summed E-state index contributed by atoms with van der Waals surface area (Å²) in [6.45, 7) is 0.921. The molecular weight excluding hydrogens is 532 g/mol. The molecule has 2 aromatic carbocycles. The highest BCUT2D eigenvalue weighted by Crippen LogP contribution is 2.29. The van der Waals surface area contributed by atoms with E-state index in [0.717, 1.165) is 23.3 Å². The lowest BCUT2D eigenvalue weighted by Crippen LogP contribution is -2.37. The van der Waals surface area contributed by atoms with Crippen molar-refractivity contribution in [2.75, 3.05) is 20.6 Å². The number of hydrogen-bond acceptors (Lipinski definition) is 3. The van der Waals surface area contributed by atoms with E-state index in [9.17, 15) is 21.6 Å². The largest absolute Gasteiger partial charge is 0.416 e. The molecule has 0 heterocycles. The molecule has 0 saturated heterocycles. The van der Waals surface area contributed by atoms with Crippen LogP contribution in [0, 0.1) is 0 Å². The summed E-state index contributed by atoms with van der Waals surface area (Å²) in [6.07, 6.45) is -3.80. The lowest BCUT2D eigenvalue weighted by atomic mass is 10.1. The molecule has 0 aliphatic carbocycles. The van der Waals surface area contributed by atoms with Gasteiger partial charge in [0.2, 0.25) is 10.0 Å². The Morgan fingerprint density at radius 1 is 0.967 bits per heavy atom. The Bertz CT molecular complexity index is 932. The van der Waals surface area contributed by atoms with Crippen LogP contribution in [0.3, 0.4) is 0 Å². The predicted molar refractivity (Wildman–Crippen MR) is 121 cm³/mol. The molecule has 0 atom stereocenters. The van der Waals surface area contributed by atoms with E-state index < -0.39 is 21.8 Å². The van der Waals surface area contributed by atoms with Crippen LogP contribution < -0.4 is 15.4 Å². The van der Waals surface area contributed by atoms with E-state index in [-0.39, 0.29) is 28.9 Å². The van der Waals surface area contributed by atoms with Gasteiger partial charge in [-0.05, 0) is 48.9 Å². The molecule has 0 aliphatic rings. The molecule has 0 aliphatic heterocycles. The van der Waals surface area contributed by atoms with Gasteiger partial charge in [-0.2, -0.15) is 13.2 Å². The average molecular weight is 556 g/mol. The van der Waals surface area contributed by atoms with Crippen molar-refractivity contribution in [1.82, 2.24) is 15.4 Å². The standard InChI is InChI=1S/C19H23F3N4O2S.HI/c1-23-18(25-12-11-14-3-7-16(8-4-14)19(20,21)22)26-13-15-5-9-17(10-6-15)29(27,28)24-2;/h3-10,24H,11-13H2,1-2H3,(H2,23,25,26);1H. The summed E-state index contributed by atoms with van der Waals surface area (Å²) in [5, 5.41) is 6.19. The van der Waals surface area contributed by atoms with Crippen LogP contribution >= 0.6 is 24.0 Å². The fourth-order valence-corrected chi connectivity index (χ4v) is 3.23. The number of sulfonamides is 1. The number of guanidine groups is 1. The lowest BCUT2D eigenvalue weighted by Gasteiger charge is -2.13. The maximum absolute atomic E-state index is 12.6. The van der Waals surface area contributed by atoms with Crippen LogP contribution in [0.1, 0.15) is 16.7 Å². The fourth-order valence-electron chi connectivity index (χ4n) is 2.50. The summed E-state index contributed by atoms with van der Waals surface area (Å²) in [6, 6.07) is 11.5. The van der Waals surface area contributed by atoms with Gasteiger partial charge in [0.1, 0.15) is 0 Å². The number of nitrogens with one attached hydrogen (secondary N) is 3. The Morgan fingerprint density at radius 2 is 1.53 bits per heavy atom. The molecule has 2 rings (SSSR count). The first-order chi connectivity index (χ1) is 13.7. The first kappa shape index (κ1) is 26.2.